The van der Waals surface area contributed by atoms with Gasteiger partial charge in [-0.1, -0.05) is 67.8 Å². The van der Waals surface area contributed by atoms with E-state index in [2.05, 4.69) is 39.5 Å². The van der Waals surface area contributed by atoms with Crippen LogP contribution in [0.2, 0.25) is 0 Å². The van der Waals surface area contributed by atoms with Crippen molar-refractivity contribution >= 4 is 22.8 Å². The molecule has 2 aromatic carbocycles. The number of fused-ring (bicyclic) bond motifs is 1. The molecule has 0 bridgehead atoms. The second kappa shape index (κ2) is 10.3. The molecule has 5 rings (SSSR count). The molecule has 2 fully saturated rings. The lowest BCUT2D eigenvalue weighted by molar-refractivity contribution is 0.0909. The summed E-state index contributed by atoms with van der Waals surface area (Å²) in [7, 11) is 0. The summed E-state index contributed by atoms with van der Waals surface area (Å²) in [4.78, 5) is 27.9. The van der Waals surface area contributed by atoms with Gasteiger partial charge in [0.25, 0.3) is 5.91 Å². The second-order valence-corrected chi connectivity index (χ2v) is 9.68. The lowest BCUT2D eigenvalue weighted by atomic mass is 9.95. The molecule has 1 aliphatic carbocycles. The van der Waals surface area contributed by atoms with Gasteiger partial charge in [-0.25, -0.2) is 4.79 Å². The predicted molar refractivity (Wildman–Crippen MR) is 135 cm³/mol. The molecule has 2 aliphatic rings. The Morgan fingerprint density at radius 2 is 1.47 bits per heavy atom. The summed E-state index contributed by atoms with van der Waals surface area (Å²) in [6.45, 7) is 2.00. The number of likely N-dealkylation sites (tertiary alicyclic amines) is 1. The van der Waals surface area contributed by atoms with E-state index in [0.717, 1.165) is 42.1 Å². The molecule has 1 aliphatic heterocycles. The SMILES string of the molecule is O=C(NC1CCN(C(=O)NC2CCCCC2)CC1)c1cc2ccccc2n1Cc1ccccc1. The topological polar surface area (TPSA) is 66.4 Å². The number of hydrogen-bond donors (Lipinski definition) is 2. The lowest BCUT2D eigenvalue weighted by Gasteiger charge is -2.34. The molecule has 2 heterocycles. The van der Waals surface area contributed by atoms with Gasteiger partial charge in [-0.15, -0.1) is 0 Å². The first kappa shape index (κ1) is 22.5. The van der Waals surface area contributed by atoms with Crippen LogP contribution in [0.25, 0.3) is 10.9 Å². The van der Waals surface area contributed by atoms with Gasteiger partial charge in [0.1, 0.15) is 5.69 Å². The van der Waals surface area contributed by atoms with E-state index in [4.69, 9.17) is 0 Å². The summed E-state index contributed by atoms with van der Waals surface area (Å²) < 4.78 is 2.10. The highest BCUT2D eigenvalue weighted by molar-refractivity contribution is 5.99. The molecule has 3 amide bonds. The number of piperidine rings is 1. The van der Waals surface area contributed by atoms with Crippen molar-refractivity contribution in [3.63, 3.8) is 0 Å². The van der Waals surface area contributed by atoms with Gasteiger partial charge >= 0.3 is 6.03 Å². The van der Waals surface area contributed by atoms with Crippen LogP contribution in [-0.2, 0) is 6.54 Å². The van der Waals surface area contributed by atoms with Crippen molar-refractivity contribution in [3.8, 4) is 0 Å². The van der Waals surface area contributed by atoms with Gasteiger partial charge in [-0.3, -0.25) is 4.79 Å². The van der Waals surface area contributed by atoms with E-state index in [1.54, 1.807) is 0 Å². The van der Waals surface area contributed by atoms with Crippen molar-refractivity contribution in [3.05, 3.63) is 71.9 Å². The van der Waals surface area contributed by atoms with Gasteiger partial charge < -0.3 is 20.1 Å². The fourth-order valence-electron chi connectivity index (χ4n) is 5.33. The van der Waals surface area contributed by atoms with Crippen LogP contribution in [0.4, 0.5) is 4.79 Å². The quantitative estimate of drug-likeness (QED) is 0.570. The Hall–Kier alpha value is -3.28. The molecule has 34 heavy (non-hydrogen) atoms. The van der Waals surface area contributed by atoms with Crippen LogP contribution < -0.4 is 10.6 Å². The molecule has 0 atom stereocenters. The van der Waals surface area contributed by atoms with Crippen LogP contribution in [0.15, 0.2) is 60.7 Å². The summed E-state index contributed by atoms with van der Waals surface area (Å²) >= 11 is 0. The van der Waals surface area contributed by atoms with E-state index in [9.17, 15) is 9.59 Å². The van der Waals surface area contributed by atoms with Crippen LogP contribution in [0.3, 0.4) is 0 Å². The Morgan fingerprint density at radius 3 is 2.24 bits per heavy atom. The third kappa shape index (κ3) is 5.11. The van der Waals surface area contributed by atoms with E-state index >= 15 is 0 Å². The van der Waals surface area contributed by atoms with Crippen LogP contribution in [0, 0.1) is 0 Å². The monoisotopic (exact) mass is 458 g/mol. The molecule has 0 spiro atoms. The number of para-hydroxylation sites is 1. The molecule has 6 nitrogen and oxygen atoms in total. The van der Waals surface area contributed by atoms with Crippen LogP contribution in [-0.4, -0.2) is 46.6 Å². The number of amides is 3. The minimum atomic E-state index is -0.0442. The van der Waals surface area contributed by atoms with E-state index in [1.165, 1.54) is 19.3 Å². The van der Waals surface area contributed by atoms with Crippen molar-refractivity contribution in [2.24, 2.45) is 0 Å². The maximum Gasteiger partial charge on any atom is 0.317 e. The number of nitrogens with zero attached hydrogens (tertiary/aromatic N) is 2. The first-order valence-corrected chi connectivity index (χ1v) is 12.7. The highest BCUT2D eigenvalue weighted by atomic mass is 16.2. The molecule has 1 saturated carbocycles. The van der Waals surface area contributed by atoms with E-state index in [1.807, 2.05) is 41.3 Å². The van der Waals surface area contributed by atoms with Gasteiger partial charge in [0.05, 0.1) is 0 Å². The predicted octanol–water partition coefficient (Wildman–Crippen LogP) is 4.93. The van der Waals surface area contributed by atoms with Crippen molar-refractivity contribution < 1.29 is 9.59 Å². The normalized spacial score (nSPS) is 17.6. The number of hydrogen-bond acceptors (Lipinski definition) is 2. The zero-order valence-corrected chi connectivity index (χ0v) is 19.7. The van der Waals surface area contributed by atoms with E-state index in [-0.39, 0.29) is 18.0 Å². The molecular formula is C28H34N4O2. The number of carbonyl (C=O) groups is 2. The van der Waals surface area contributed by atoms with Crippen LogP contribution in [0.1, 0.15) is 61.0 Å². The summed E-state index contributed by atoms with van der Waals surface area (Å²) in [5.74, 6) is -0.0442. The average Bonchev–Trinajstić information content (AvgIpc) is 3.24. The van der Waals surface area contributed by atoms with Gasteiger partial charge in [0.2, 0.25) is 0 Å². The Morgan fingerprint density at radius 1 is 0.794 bits per heavy atom. The molecule has 3 aromatic rings. The highest BCUT2D eigenvalue weighted by Crippen LogP contribution is 2.23. The molecule has 1 saturated heterocycles. The Kier molecular flexibility index (Phi) is 6.84. The second-order valence-electron chi connectivity index (χ2n) is 9.68. The summed E-state index contributed by atoms with van der Waals surface area (Å²) in [6.07, 6.45) is 7.44. The summed E-state index contributed by atoms with van der Waals surface area (Å²) in [6, 6.07) is 20.8. The number of rotatable bonds is 5. The Labute approximate surface area is 201 Å². The largest absolute Gasteiger partial charge is 0.348 e. The van der Waals surface area contributed by atoms with Gasteiger partial charge in [0.15, 0.2) is 0 Å². The minimum Gasteiger partial charge on any atom is -0.348 e. The molecule has 178 valence electrons. The third-order valence-corrected chi connectivity index (χ3v) is 7.28. The third-order valence-electron chi connectivity index (χ3n) is 7.28. The number of nitrogens with one attached hydrogen (secondary N) is 2. The maximum absolute atomic E-state index is 13.3. The fourth-order valence-corrected chi connectivity index (χ4v) is 5.33. The number of aromatic nitrogens is 1. The Bertz CT molecular complexity index is 1130. The van der Waals surface area contributed by atoms with Crippen molar-refractivity contribution in [1.82, 2.24) is 20.1 Å². The maximum atomic E-state index is 13.3. The summed E-state index contributed by atoms with van der Waals surface area (Å²) in [5, 5.41) is 7.52. The van der Waals surface area contributed by atoms with E-state index < -0.39 is 0 Å². The molecular weight excluding hydrogens is 424 g/mol. The minimum absolute atomic E-state index is 0.0442. The zero-order chi connectivity index (χ0) is 23.3. The van der Waals surface area contributed by atoms with Gasteiger partial charge in [-0.05, 0) is 43.4 Å². The van der Waals surface area contributed by atoms with Crippen LogP contribution in [0.5, 0.6) is 0 Å². The summed E-state index contributed by atoms with van der Waals surface area (Å²) in [5.41, 5.74) is 2.91. The standard InChI is InChI=1S/C28H34N4O2/c33-27(29-24-15-17-31(18-16-24)28(34)30-23-12-5-2-6-13-23)26-19-22-11-7-8-14-25(22)32(26)20-21-9-3-1-4-10-21/h1,3-4,7-11,14,19,23-24H,2,5-6,12-13,15-18,20H2,(H,29,33)(H,30,34). The van der Waals surface area contributed by atoms with Crippen LogP contribution >= 0.6 is 0 Å². The van der Waals surface area contributed by atoms with Gasteiger partial charge in [0, 0.05) is 42.6 Å². The lowest BCUT2D eigenvalue weighted by Crippen LogP contribution is -2.51. The van der Waals surface area contributed by atoms with Gasteiger partial charge in [-0.2, -0.15) is 0 Å². The highest BCUT2D eigenvalue weighted by Gasteiger charge is 2.27. The smallest absolute Gasteiger partial charge is 0.317 e. The number of benzene rings is 2. The van der Waals surface area contributed by atoms with E-state index in [0.29, 0.717) is 31.4 Å². The molecule has 6 heteroatoms. The average molecular weight is 459 g/mol. The molecule has 0 unspecified atom stereocenters. The Balaban J connectivity index is 1.22. The first-order valence-electron chi connectivity index (χ1n) is 12.7. The molecule has 2 N–H and O–H groups in total. The van der Waals surface area contributed by atoms with Crippen molar-refractivity contribution in [2.45, 2.75) is 63.6 Å². The fraction of sp³-hybridized carbons (Fsp3) is 0.429. The molecule has 1 aromatic heterocycles. The van der Waals surface area contributed by atoms with Crippen molar-refractivity contribution in [2.75, 3.05) is 13.1 Å². The zero-order valence-electron chi connectivity index (χ0n) is 19.7. The first-order chi connectivity index (χ1) is 16.7. The molecule has 0 radical (unpaired) electrons. The number of urea groups is 1. The van der Waals surface area contributed by atoms with Crippen molar-refractivity contribution in [1.29, 1.82) is 0 Å². The number of carbonyl (C=O) groups excluding carboxylic acids is 2.